The van der Waals surface area contributed by atoms with E-state index in [0.717, 1.165) is 22.6 Å². The van der Waals surface area contributed by atoms with E-state index in [1.54, 1.807) is 7.11 Å². The lowest BCUT2D eigenvalue weighted by atomic mass is 10.3. The number of ether oxygens (including phenoxy) is 1. The third-order valence-corrected chi connectivity index (χ3v) is 2.67. The van der Waals surface area contributed by atoms with E-state index in [1.807, 2.05) is 18.2 Å². The summed E-state index contributed by atoms with van der Waals surface area (Å²) in [7, 11) is 1.68. The summed E-state index contributed by atoms with van der Waals surface area (Å²) in [5.41, 5.74) is 2.11. The first-order valence-corrected chi connectivity index (χ1v) is 4.90. The minimum Gasteiger partial charge on any atom is -0.497 e. The van der Waals surface area contributed by atoms with Gasteiger partial charge in [0.25, 0.3) is 0 Å². The molecule has 2 aromatic rings. The van der Waals surface area contributed by atoms with Crippen LogP contribution in [0.3, 0.4) is 0 Å². The normalized spacial score (nSPS) is 16.1. The minimum absolute atomic E-state index is 0.674. The zero-order chi connectivity index (χ0) is 9.54. The van der Waals surface area contributed by atoms with Crippen LogP contribution in [-0.2, 0) is 0 Å². The number of hydrogen-bond acceptors (Lipinski definition) is 2. The molecule has 14 heavy (non-hydrogen) atoms. The van der Waals surface area contributed by atoms with Crippen molar-refractivity contribution in [2.45, 2.75) is 18.8 Å². The summed E-state index contributed by atoms with van der Waals surface area (Å²) in [5.74, 6) is 2.69. The number of fused-ring (bicyclic) bond motifs is 1. The molecule has 72 valence electrons. The topological polar surface area (TPSA) is 37.9 Å². The monoisotopic (exact) mass is 188 g/mol. The molecule has 1 saturated carbocycles. The molecule has 3 nitrogen and oxygen atoms in total. The average molecular weight is 188 g/mol. The molecule has 0 unspecified atom stereocenters. The van der Waals surface area contributed by atoms with E-state index in [4.69, 9.17) is 4.74 Å². The predicted molar refractivity (Wildman–Crippen MR) is 54.6 cm³/mol. The van der Waals surface area contributed by atoms with Crippen LogP contribution >= 0.6 is 0 Å². The average Bonchev–Trinajstić information content (AvgIpc) is 2.97. The molecule has 3 heteroatoms. The number of methoxy groups -OCH3 is 1. The van der Waals surface area contributed by atoms with Gasteiger partial charge < -0.3 is 9.72 Å². The first-order valence-electron chi connectivity index (χ1n) is 4.90. The van der Waals surface area contributed by atoms with E-state index in [1.165, 1.54) is 12.8 Å². The van der Waals surface area contributed by atoms with Crippen molar-refractivity contribution in [3.63, 3.8) is 0 Å². The summed E-state index contributed by atoms with van der Waals surface area (Å²) < 4.78 is 5.16. The molecule has 1 aromatic carbocycles. The molecule has 1 aliphatic rings. The van der Waals surface area contributed by atoms with E-state index < -0.39 is 0 Å². The van der Waals surface area contributed by atoms with Gasteiger partial charge >= 0.3 is 0 Å². The lowest BCUT2D eigenvalue weighted by molar-refractivity contribution is 0.415. The Morgan fingerprint density at radius 3 is 3.00 bits per heavy atom. The van der Waals surface area contributed by atoms with Crippen molar-refractivity contribution in [2.24, 2.45) is 0 Å². The Labute approximate surface area is 82.1 Å². The summed E-state index contributed by atoms with van der Waals surface area (Å²) >= 11 is 0. The third kappa shape index (κ3) is 1.16. The highest BCUT2D eigenvalue weighted by molar-refractivity contribution is 5.77. The molecule has 0 atom stereocenters. The standard InChI is InChI=1S/C11H12N2O/c1-14-8-4-5-9-10(6-8)13-11(12-9)7-2-3-7/h4-7H,2-3H2,1H3,(H,12,13). The highest BCUT2D eigenvalue weighted by atomic mass is 16.5. The van der Waals surface area contributed by atoms with Crippen LogP contribution in [0, 0.1) is 0 Å². The van der Waals surface area contributed by atoms with Crippen LogP contribution in [0.4, 0.5) is 0 Å². The third-order valence-electron chi connectivity index (χ3n) is 2.67. The highest BCUT2D eigenvalue weighted by Gasteiger charge is 2.26. The summed E-state index contributed by atoms with van der Waals surface area (Å²) in [6.07, 6.45) is 2.55. The van der Waals surface area contributed by atoms with Crippen molar-refractivity contribution in [1.82, 2.24) is 9.97 Å². The van der Waals surface area contributed by atoms with Crippen LogP contribution in [0.25, 0.3) is 11.0 Å². The fourth-order valence-corrected chi connectivity index (χ4v) is 1.69. The summed E-state index contributed by atoms with van der Waals surface area (Å²) in [6, 6.07) is 5.94. The Balaban J connectivity index is 2.12. The Morgan fingerprint density at radius 2 is 2.29 bits per heavy atom. The van der Waals surface area contributed by atoms with Gasteiger partial charge in [-0.3, -0.25) is 0 Å². The van der Waals surface area contributed by atoms with E-state index in [0.29, 0.717) is 5.92 Å². The van der Waals surface area contributed by atoms with E-state index in [-0.39, 0.29) is 0 Å². The fourth-order valence-electron chi connectivity index (χ4n) is 1.69. The summed E-state index contributed by atoms with van der Waals surface area (Å²) in [4.78, 5) is 7.88. The first kappa shape index (κ1) is 7.85. The lowest BCUT2D eigenvalue weighted by Gasteiger charge is -1.96. The zero-order valence-corrected chi connectivity index (χ0v) is 8.08. The maximum atomic E-state index is 5.16. The van der Waals surface area contributed by atoms with Crippen LogP contribution in [-0.4, -0.2) is 17.1 Å². The van der Waals surface area contributed by atoms with Crippen LogP contribution in [0.1, 0.15) is 24.6 Å². The number of nitrogens with zero attached hydrogens (tertiary/aromatic N) is 1. The summed E-state index contributed by atoms with van der Waals surface area (Å²) in [5, 5.41) is 0. The first-order chi connectivity index (χ1) is 6.86. The SMILES string of the molecule is COc1ccc2nc(C3CC3)[nH]c2c1. The van der Waals surface area contributed by atoms with Gasteiger partial charge in [0.15, 0.2) is 0 Å². The van der Waals surface area contributed by atoms with Crippen molar-refractivity contribution in [1.29, 1.82) is 0 Å². The number of aromatic amines is 1. The smallest absolute Gasteiger partial charge is 0.121 e. The molecule has 3 rings (SSSR count). The van der Waals surface area contributed by atoms with Crippen molar-refractivity contribution >= 4 is 11.0 Å². The second-order valence-corrected chi connectivity index (χ2v) is 3.78. The Hall–Kier alpha value is -1.51. The van der Waals surface area contributed by atoms with Gasteiger partial charge in [0.1, 0.15) is 11.6 Å². The van der Waals surface area contributed by atoms with Gasteiger partial charge in [0.05, 0.1) is 18.1 Å². The molecular weight excluding hydrogens is 176 g/mol. The summed E-state index contributed by atoms with van der Waals surface area (Å²) in [6.45, 7) is 0. The van der Waals surface area contributed by atoms with Crippen LogP contribution in [0.5, 0.6) is 5.75 Å². The molecule has 0 spiro atoms. The molecule has 0 amide bonds. The maximum absolute atomic E-state index is 5.16. The van der Waals surface area contributed by atoms with Crippen molar-refractivity contribution in [2.75, 3.05) is 7.11 Å². The number of imidazole rings is 1. The van der Waals surface area contributed by atoms with Gasteiger partial charge in [-0.2, -0.15) is 0 Å². The van der Waals surface area contributed by atoms with Crippen molar-refractivity contribution in [3.8, 4) is 5.75 Å². The van der Waals surface area contributed by atoms with Gasteiger partial charge in [-0.15, -0.1) is 0 Å². The number of hydrogen-bond donors (Lipinski definition) is 1. The number of H-pyrrole nitrogens is 1. The van der Waals surface area contributed by atoms with E-state index in [2.05, 4.69) is 9.97 Å². The zero-order valence-electron chi connectivity index (χ0n) is 8.08. The molecule has 0 saturated heterocycles. The van der Waals surface area contributed by atoms with Crippen LogP contribution < -0.4 is 4.74 Å². The molecule has 1 aromatic heterocycles. The number of aromatic nitrogens is 2. The minimum atomic E-state index is 0.674. The molecule has 1 N–H and O–H groups in total. The number of nitrogens with one attached hydrogen (secondary N) is 1. The van der Waals surface area contributed by atoms with Crippen LogP contribution in [0.2, 0.25) is 0 Å². The van der Waals surface area contributed by atoms with Gasteiger partial charge in [-0.05, 0) is 25.0 Å². The number of rotatable bonds is 2. The Morgan fingerprint density at radius 1 is 1.43 bits per heavy atom. The lowest BCUT2D eigenvalue weighted by Crippen LogP contribution is -1.81. The van der Waals surface area contributed by atoms with E-state index >= 15 is 0 Å². The number of benzene rings is 1. The molecular formula is C11H12N2O. The van der Waals surface area contributed by atoms with Crippen molar-refractivity contribution in [3.05, 3.63) is 24.0 Å². The molecule has 0 radical (unpaired) electrons. The molecule has 1 fully saturated rings. The van der Waals surface area contributed by atoms with Gasteiger partial charge in [-0.1, -0.05) is 0 Å². The largest absolute Gasteiger partial charge is 0.497 e. The Kier molecular flexibility index (Phi) is 1.54. The van der Waals surface area contributed by atoms with Gasteiger partial charge in [0.2, 0.25) is 0 Å². The highest BCUT2D eigenvalue weighted by Crippen LogP contribution is 2.39. The maximum Gasteiger partial charge on any atom is 0.121 e. The van der Waals surface area contributed by atoms with Gasteiger partial charge in [-0.25, -0.2) is 4.98 Å². The second kappa shape index (κ2) is 2.74. The fraction of sp³-hybridized carbons (Fsp3) is 0.364. The molecule has 0 aliphatic heterocycles. The van der Waals surface area contributed by atoms with Crippen molar-refractivity contribution < 1.29 is 4.74 Å². The van der Waals surface area contributed by atoms with Gasteiger partial charge in [0, 0.05) is 12.0 Å². The van der Waals surface area contributed by atoms with Crippen LogP contribution in [0.15, 0.2) is 18.2 Å². The Bertz CT molecular complexity index is 471. The quantitative estimate of drug-likeness (QED) is 0.786. The molecule has 1 heterocycles. The molecule has 1 aliphatic carbocycles. The van der Waals surface area contributed by atoms with E-state index in [9.17, 15) is 0 Å². The second-order valence-electron chi connectivity index (χ2n) is 3.78. The molecule has 0 bridgehead atoms. The predicted octanol–water partition coefficient (Wildman–Crippen LogP) is 2.45.